The van der Waals surface area contributed by atoms with Crippen LogP contribution >= 0.6 is 22.7 Å². The number of thiophene rings is 2. The van der Waals surface area contributed by atoms with E-state index in [2.05, 4.69) is 21.0 Å². The number of fused-ring (bicyclic) bond motifs is 1. The molecule has 0 atom stereocenters. The number of allylic oxidation sites excluding steroid dienone is 5. The van der Waals surface area contributed by atoms with Gasteiger partial charge in [0.15, 0.2) is 5.76 Å². The first-order valence-corrected chi connectivity index (χ1v) is 9.73. The highest BCUT2D eigenvalue weighted by Crippen LogP contribution is 2.29. The van der Waals surface area contributed by atoms with E-state index >= 15 is 0 Å². The molecule has 0 aromatic carbocycles. The predicted molar refractivity (Wildman–Crippen MR) is 106 cm³/mol. The van der Waals surface area contributed by atoms with Gasteiger partial charge in [-0.15, -0.1) is 22.7 Å². The molecule has 7 nitrogen and oxygen atoms in total. The average Bonchev–Trinajstić information content (AvgIpc) is 3.36. The van der Waals surface area contributed by atoms with Crippen molar-refractivity contribution < 1.29 is 14.4 Å². The fraction of sp³-hybridized carbons (Fsp3) is 0.0556. The Hall–Kier alpha value is -3.17. The number of nitrogens with zero attached hydrogens (tertiary/aromatic N) is 1. The zero-order valence-electron chi connectivity index (χ0n) is 13.9. The number of anilines is 1. The Labute approximate surface area is 162 Å². The maximum Gasteiger partial charge on any atom is 0.294 e. The standard InChI is InChI=1S/C18H14N4O3S2/c23-16(13-8-5-9-26-13)19-15-12-10-14(27-18(12)21-20-15)17(24)22-25-11-6-3-1-2-4-7-11/h1,3-10H,2H2,(H,22,24)(H2,19,20,21,23). The normalized spacial score (nSPS) is 13.3. The molecule has 0 saturated heterocycles. The zero-order valence-corrected chi connectivity index (χ0v) is 15.5. The third-order valence-corrected chi connectivity index (χ3v) is 5.57. The van der Waals surface area contributed by atoms with Crippen molar-refractivity contribution in [2.24, 2.45) is 0 Å². The molecule has 3 aromatic rings. The van der Waals surface area contributed by atoms with Crippen LogP contribution in [0.25, 0.3) is 10.2 Å². The van der Waals surface area contributed by atoms with Crippen LogP contribution in [-0.2, 0) is 4.84 Å². The van der Waals surface area contributed by atoms with Crippen molar-refractivity contribution in [3.05, 3.63) is 69.5 Å². The molecule has 1 aliphatic rings. The molecule has 0 aliphatic heterocycles. The summed E-state index contributed by atoms with van der Waals surface area (Å²) >= 11 is 2.56. The minimum absolute atomic E-state index is 0.226. The number of rotatable bonds is 5. The zero-order chi connectivity index (χ0) is 18.6. The summed E-state index contributed by atoms with van der Waals surface area (Å²) in [5, 5.41) is 12.2. The number of aromatic amines is 1. The van der Waals surface area contributed by atoms with Crippen LogP contribution in [-0.4, -0.2) is 22.0 Å². The molecule has 0 fully saturated rings. The average molecular weight is 398 g/mol. The van der Waals surface area contributed by atoms with Crippen molar-refractivity contribution in [1.82, 2.24) is 15.7 Å². The Kier molecular flexibility index (Phi) is 4.86. The van der Waals surface area contributed by atoms with E-state index in [1.807, 2.05) is 29.7 Å². The monoisotopic (exact) mass is 398 g/mol. The van der Waals surface area contributed by atoms with Crippen LogP contribution in [0.15, 0.2) is 59.7 Å². The second-order valence-corrected chi connectivity index (χ2v) is 7.51. The molecule has 0 unspecified atom stereocenters. The minimum Gasteiger partial charge on any atom is -0.379 e. The van der Waals surface area contributed by atoms with E-state index in [4.69, 9.17) is 4.84 Å². The Morgan fingerprint density at radius 2 is 2.15 bits per heavy atom. The molecule has 3 heterocycles. The Balaban J connectivity index is 1.46. The Bertz CT molecular complexity index is 1070. The van der Waals surface area contributed by atoms with Crippen LogP contribution < -0.4 is 10.8 Å². The topological polar surface area (TPSA) is 96.1 Å². The molecule has 1 aliphatic carbocycles. The van der Waals surface area contributed by atoms with Gasteiger partial charge < -0.3 is 10.2 Å². The molecule has 0 bridgehead atoms. The fourth-order valence-corrected chi connectivity index (χ4v) is 3.88. The highest BCUT2D eigenvalue weighted by atomic mass is 32.1. The van der Waals surface area contributed by atoms with Crippen LogP contribution in [0.2, 0.25) is 0 Å². The molecular formula is C18H14N4O3S2. The Morgan fingerprint density at radius 1 is 1.22 bits per heavy atom. The molecule has 2 amide bonds. The van der Waals surface area contributed by atoms with E-state index in [9.17, 15) is 9.59 Å². The number of amides is 2. The van der Waals surface area contributed by atoms with Gasteiger partial charge in [0.2, 0.25) is 0 Å². The second kappa shape index (κ2) is 7.60. The van der Waals surface area contributed by atoms with Crippen LogP contribution in [0, 0.1) is 0 Å². The summed E-state index contributed by atoms with van der Waals surface area (Å²) in [7, 11) is 0. The van der Waals surface area contributed by atoms with E-state index in [-0.39, 0.29) is 11.8 Å². The summed E-state index contributed by atoms with van der Waals surface area (Å²) < 4.78 is 0. The van der Waals surface area contributed by atoms with E-state index in [0.29, 0.717) is 31.5 Å². The quantitative estimate of drug-likeness (QED) is 0.566. The summed E-state index contributed by atoms with van der Waals surface area (Å²) in [5.41, 5.74) is 2.42. The van der Waals surface area contributed by atoms with Gasteiger partial charge in [-0.25, -0.2) is 0 Å². The van der Waals surface area contributed by atoms with Gasteiger partial charge in [-0.1, -0.05) is 24.3 Å². The summed E-state index contributed by atoms with van der Waals surface area (Å²) in [6.45, 7) is 0. The maximum absolute atomic E-state index is 12.3. The number of nitrogens with one attached hydrogen (secondary N) is 3. The van der Waals surface area contributed by atoms with Crippen LogP contribution in [0.4, 0.5) is 5.82 Å². The summed E-state index contributed by atoms with van der Waals surface area (Å²) in [5.74, 6) is 0.398. The van der Waals surface area contributed by atoms with Gasteiger partial charge in [-0.3, -0.25) is 14.7 Å². The predicted octanol–water partition coefficient (Wildman–Crippen LogP) is 4.00. The van der Waals surface area contributed by atoms with Gasteiger partial charge in [0, 0.05) is 0 Å². The van der Waals surface area contributed by atoms with Gasteiger partial charge >= 0.3 is 0 Å². The summed E-state index contributed by atoms with van der Waals surface area (Å²) in [4.78, 5) is 31.5. The molecular weight excluding hydrogens is 384 g/mol. The molecule has 9 heteroatoms. The van der Waals surface area contributed by atoms with E-state index in [1.165, 1.54) is 22.7 Å². The van der Waals surface area contributed by atoms with E-state index in [0.717, 1.165) is 6.42 Å². The van der Waals surface area contributed by atoms with Crippen molar-refractivity contribution >= 4 is 50.5 Å². The minimum atomic E-state index is -0.379. The summed E-state index contributed by atoms with van der Waals surface area (Å²) in [6.07, 6.45) is 10.2. The molecule has 0 radical (unpaired) electrons. The number of hydrogen-bond acceptors (Lipinski definition) is 6. The second-order valence-electron chi connectivity index (χ2n) is 5.53. The van der Waals surface area contributed by atoms with Gasteiger partial charge in [0.1, 0.15) is 10.6 Å². The molecule has 0 saturated carbocycles. The van der Waals surface area contributed by atoms with Crippen molar-refractivity contribution in [1.29, 1.82) is 0 Å². The van der Waals surface area contributed by atoms with Crippen LogP contribution in [0.3, 0.4) is 0 Å². The highest BCUT2D eigenvalue weighted by molar-refractivity contribution is 7.20. The lowest BCUT2D eigenvalue weighted by Crippen LogP contribution is -2.22. The molecule has 136 valence electrons. The first kappa shape index (κ1) is 17.3. The lowest BCUT2D eigenvalue weighted by molar-refractivity contribution is 0.0612. The van der Waals surface area contributed by atoms with Gasteiger partial charge in [0.05, 0.1) is 15.1 Å². The number of H-pyrrole nitrogens is 1. The first-order chi connectivity index (χ1) is 13.2. The fourth-order valence-electron chi connectivity index (χ4n) is 2.38. The number of hydrogen-bond donors (Lipinski definition) is 3. The van der Waals surface area contributed by atoms with Crippen LogP contribution in [0.5, 0.6) is 0 Å². The van der Waals surface area contributed by atoms with Gasteiger partial charge in [0.25, 0.3) is 11.8 Å². The highest BCUT2D eigenvalue weighted by Gasteiger charge is 2.17. The van der Waals surface area contributed by atoms with Crippen molar-refractivity contribution in [3.63, 3.8) is 0 Å². The first-order valence-electron chi connectivity index (χ1n) is 8.04. The van der Waals surface area contributed by atoms with Gasteiger partial charge in [-0.05, 0) is 36.1 Å². The number of carbonyl (C=O) groups excluding carboxylic acids is 2. The molecule has 27 heavy (non-hydrogen) atoms. The van der Waals surface area contributed by atoms with Crippen molar-refractivity contribution in [2.45, 2.75) is 6.42 Å². The van der Waals surface area contributed by atoms with Crippen molar-refractivity contribution in [2.75, 3.05) is 5.32 Å². The Morgan fingerprint density at radius 3 is 3.00 bits per heavy atom. The third-order valence-electron chi connectivity index (χ3n) is 3.67. The maximum atomic E-state index is 12.3. The number of aromatic nitrogens is 2. The van der Waals surface area contributed by atoms with E-state index < -0.39 is 0 Å². The van der Waals surface area contributed by atoms with Crippen molar-refractivity contribution in [3.8, 4) is 0 Å². The lowest BCUT2D eigenvalue weighted by atomic mass is 10.3. The smallest absolute Gasteiger partial charge is 0.294 e. The molecule has 3 N–H and O–H groups in total. The summed E-state index contributed by atoms with van der Waals surface area (Å²) in [6, 6.07) is 5.22. The number of carbonyl (C=O) groups is 2. The largest absolute Gasteiger partial charge is 0.379 e. The number of hydroxylamine groups is 1. The van der Waals surface area contributed by atoms with Gasteiger partial charge in [-0.2, -0.15) is 10.6 Å². The molecule has 4 rings (SSSR count). The SMILES string of the molecule is O=C(Nc1[nH]nc2sc(C(=O)NOC3=CC=CCC=C3)cc12)c1cccs1. The van der Waals surface area contributed by atoms with Crippen LogP contribution in [0.1, 0.15) is 25.8 Å². The van der Waals surface area contributed by atoms with E-state index in [1.54, 1.807) is 24.3 Å². The molecule has 3 aromatic heterocycles. The third kappa shape index (κ3) is 3.83. The lowest BCUT2D eigenvalue weighted by Gasteiger charge is -2.05. The molecule has 0 spiro atoms.